The Bertz CT molecular complexity index is 764. The monoisotopic (exact) mass is 357 g/mol. The molecule has 0 fully saturated rings. The number of thiophene rings is 1. The van der Waals surface area contributed by atoms with Crippen molar-refractivity contribution in [2.45, 2.75) is 46.0 Å². The first-order valence-corrected chi connectivity index (χ1v) is 9.30. The van der Waals surface area contributed by atoms with E-state index in [-0.39, 0.29) is 43.2 Å². The number of ketones is 2. The molecule has 25 heavy (non-hydrogen) atoms. The molecule has 2 rings (SSSR count). The second kappa shape index (κ2) is 9.28. The third-order valence-corrected chi connectivity index (χ3v) is 4.99. The van der Waals surface area contributed by atoms with Crippen LogP contribution in [0.4, 0.5) is 5.69 Å². The molecule has 0 saturated carbocycles. The minimum Gasteiger partial charge on any atom is -0.326 e. The van der Waals surface area contributed by atoms with Gasteiger partial charge in [0.2, 0.25) is 5.91 Å². The van der Waals surface area contributed by atoms with Gasteiger partial charge in [0.25, 0.3) is 0 Å². The van der Waals surface area contributed by atoms with Gasteiger partial charge in [-0.05, 0) is 37.1 Å². The fourth-order valence-corrected chi connectivity index (χ4v) is 3.34. The molecule has 0 aliphatic heterocycles. The summed E-state index contributed by atoms with van der Waals surface area (Å²) >= 11 is 1.45. The predicted molar refractivity (Wildman–Crippen MR) is 101 cm³/mol. The highest BCUT2D eigenvalue weighted by Gasteiger charge is 2.13. The van der Waals surface area contributed by atoms with Crippen molar-refractivity contribution in [1.29, 1.82) is 0 Å². The summed E-state index contributed by atoms with van der Waals surface area (Å²) in [5, 5.41) is 2.85. The standard InChI is InChI=1S/C20H23NO3S/c1-3-15-6-4-5-7-17(15)21-20(24)13-10-16(22)9-11-18(23)19-12-8-14(2)25-19/h4-8,12H,3,9-11,13H2,1-2H3,(H,21,24). The van der Waals surface area contributed by atoms with Crippen molar-refractivity contribution in [2.75, 3.05) is 5.32 Å². The predicted octanol–water partition coefficient (Wildman–Crippen LogP) is 4.57. The van der Waals surface area contributed by atoms with Crippen molar-refractivity contribution >= 4 is 34.5 Å². The zero-order valence-electron chi connectivity index (χ0n) is 14.6. The lowest BCUT2D eigenvalue weighted by molar-refractivity contribution is -0.122. The fourth-order valence-electron chi connectivity index (χ4n) is 2.50. The molecule has 1 N–H and O–H groups in total. The van der Waals surface area contributed by atoms with Crippen LogP contribution in [0.15, 0.2) is 36.4 Å². The highest BCUT2D eigenvalue weighted by atomic mass is 32.1. The molecule has 0 aliphatic carbocycles. The number of nitrogens with one attached hydrogen (secondary N) is 1. The summed E-state index contributed by atoms with van der Waals surface area (Å²) in [6.45, 7) is 3.97. The van der Waals surface area contributed by atoms with Gasteiger partial charge in [-0.25, -0.2) is 0 Å². The number of amides is 1. The molecule has 4 nitrogen and oxygen atoms in total. The maximum atomic E-state index is 12.0. The number of Topliss-reactive ketones (excluding diaryl/α,β-unsaturated/α-hetero) is 2. The molecule has 0 bridgehead atoms. The van der Waals surface area contributed by atoms with Gasteiger partial charge in [0, 0.05) is 36.2 Å². The molecular formula is C20H23NO3S. The molecule has 0 spiro atoms. The number of rotatable bonds is 9. The molecule has 0 aliphatic rings. The van der Waals surface area contributed by atoms with Gasteiger partial charge in [-0.3, -0.25) is 14.4 Å². The first-order valence-electron chi connectivity index (χ1n) is 8.48. The summed E-state index contributed by atoms with van der Waals surface area (Å²) in [6, 6.07) is 11.3. The van der Waals surface area contributed by atoms with Crippen LogP contribution in [-0.2, 0) is 16.0 Å². The quantitative estimate of drug-likeness (QED) is 0.669. The number of carbonyl (C=O) groups is 3. The Labute approximate surface area is 152 Å². The van der Waals surface area contributed by atoms with Crippen molar-refractivity contribution < 1.29 is 14.4 Å². The third kappa shape index (κ3) is 5.94. The molecule has 0 saturated heterocycles. The van der Waals surface area contributed by atoms with E-state index in [1.165, 1.54) is 11.3 Å². The van der Waals surface area contributed by atoms with Gasteiger partial charge in [-0.1, -0.05) is 25.1 Å². The Morgan fingerprint density at radius 1 is 0.960 bits per heavy atom. The molecule has 1 heterocycles. The average Bonchev–Trinajstić information content (AvgIpc) is 3.05. The zero-order chi connectivity index (χ0) is 18.2. The number of hydrogen-bond donors (Lipinski definition) is 1. The zero-order valence-corrected chi connectivity index (χ0v) is 15.4. The summed E-state index contributed by atoms with van der Waals surface area (Å²) < 4.78 is 0. The normalized spacial score (nSPS) is 10.5. The van der Waals surface area contributed by atoms with E-state index in [1.807, 2.05) is 44.2 Å². The van der Waals surface area contributed by atoms with E-state index in [2.05, 4.69) is 5.32 Å². The van der Waals surface area contributed by atoms with Crippen LogP contribution in [-0.4, -0.2) is 17.5 Å². The van der Waals surface area contributed by atoms with E-state index in [0.717, 1.165) is 22.5 Å². The second-order valence-electron chi connectivity index (χ2n) is 5.93. The van der Waals surface area contributed by atoms with Gasteiger partial charge in [-0.15, -0.1) is 11.3 Å². The van der Waals surface area contributed by atoms with E-state index in [1.54, 1.807) is 6.07 Å². The van der Waals surface area contributed by atoms with Gasteiger partial charge in [0.05, 0.1) is 4.88 Å². The lowest BCUT2D eigenvalue weighted by Gasteiger charge is -2.09. The Morgan fingerprint density at radius 2 is 1.68 bits per heavy atom. The van der Waals surface area contributed by atoms with Crippen molar-refractivity contribution in [3.05, 3.63) is 51.7 Å². The van der Waals surface area contributed by atoms with Crippen LogP contribution in [0.5, 0.6) is 0 Å². The van der Waals surface area contributed by atoms with E-state index >= 15 is 0 Å². The molecular weight excluding hydrogens is 334 g/mol. The van der Waals surface area contributed by atoms with E-state index in [9.17, 15) is 14.4 Å². The largest absolute Gasteiger partial charge is 0.326 e. The van der Waals surface area contributed by atoms with E-state index in [4.69, 9.17) is 0 Å². The van der Waals surface area contributed by atoms with Crippen LogP contribution in [0.1, 0.15) is 52.7 Å². The SMILES string of the molecule is CCc1ccccc1NC(=O)CCC(=O)CCC(=O)c1ccc(C)s1. The molecule has 5 heteroatoms. The molecule has 1 aromatic carbocycles. The van der Waals surface area contributed by atoms with Crippen LogP contribution in [0, 0.1) is 6.92 Å². The summed E-state index contributed by atoms with van der Waals surface area (Å²) in [4.78, 5) is 37.7. The van der Waals surface area contributed by atoms with Gasteiger partial charge in [0.1, 0.15) is 5.78 Å². The van der Waals surface area contributed by atoms with Gasteiger partial charge in [0.15, 0.2) is 5.78 Å². The van der Waals surface area contributed by atoms with Gasteiger partial charge >= 0.3 is 0 Å². The number of anilines is 1. The Kier molecular flexibility index (Phi) is 7.07. The molecule has 0 unspecified atom stereocenters. The summed E-state index contributed by atoms with van der Waals surface area (Å²) in [5.74, 6) is -0.234. The summed E-state index contributed by atoms with van der Waals surface area (Å²) in [7, 11) is 0. The fraction of sp³-hybridized carbons (Fsp3) is 0.350. The molecule has 1 aromatic heterocycles. The van der Waals surface area contributed by atoms with Crippen LogP contribution < -0.4 is 5.32 Å². The van der Waals surface area contributed by atoms with Crippen molar-refractivity contribution in [1.82, 2.24) is 0 Å². The third-order valence-electron chi connectivity index (χ3n) is 3.95. The maximum Gasteiger partial charge on any atom is 0.224 e. The molecule has 2 aromatic rings. The number of carbonyl (C=O) groups excluding carboxylic acids is 3. The Balaban J connectivity index is 1.74. The van der Waals surface area contributed by atoms with Crippen molar-refractivity contribution in [3.8, 4) is 0 Å². The van der Waals surface area contributed by atoms with Crippen molar-refractivity contribution in [3.63, 3.8) is 0 Å². The number of hydrogen-bond acceptors (Lipinski definition) is 4. The molecule has 0 radical (unpaired) electrons. The van der Waals surface area contributed by atoms with Crippen LogP contribution in [0.2, 0.25) is 0 Å². The molecule has 1 amide bonds. The smallest absolute Gasteiger partial charge is 0.224 e. The second-order valence-corrected chi connectivity index (χ2v) is 7.22. The van der Waals surface area contributed by atoms with Crippen LogP contribution >= 0.6 is 11.3 Å². The van der Waals surface area contributed by atoms with Gasteiger partial charge in [-0.2, -0.15) is 0 Å². The highest BCUT2D eigenvalue weighted by molar-refractivity contribution is 7.14. The van der Waals surface area contributed by atoms with Crippen molar-refractivity contribution in [2.24, 2.45) is 0 Å². The minimum absolute atomic E-state index is 0.00669. The average molecular weight is 357 g/mol. The topological polar surface area (TPSA) is 63.2 Å². The maximum absolute atomic E-state index is 12.0. The van der Waals surface area contributed by atoms with E-state index in [0.29, 0.717) is 4.88 Å². The lowest BCUT2D eigenvalue weighted by atomic mass is 10.1. The first kappa shape index (κ1) is 19.1. The lowest BCUT2D eigenvalue weighted by Crippen LogP contribution is -2.14. The van der Waals surface area contributed by atoms with Gasteiger partial charge < -0.3 is 5.32 Å². The highest BCUT2D eigenvalue weighted by Crippen LogP contribution is 2.18. The van der Waals surface area contributed by atoms with E-state index < -0.39 is 0 Å². The van der Waals surface area contributed by atoms with Crippen LogP contribution in [0.3, 0.4) is 0 Å². The molecule has 0 atom stereocenters. The number of aryl methyl sites for hydroxylation is 2. The minimum atomic E-state index is -0.172. The van der Waals surface area contributed by atoms with Crippen LogP contribution in [0.25, 0.3) is 0 Å². The first-order chi connectivity index (χ1) is 12.0. The Morgan fingerprint density at radius 3 is 2.36 bits per heavy atom. The summed E-state index contributed by atoms with van der Waals surface area (Å²) in [5.41, 5.74) is 1.87. The number of benzene rings is 1. The summed E-state index contributed by atoms with van der Waals surface area (Å²) in [6.07, 6.45) is 1.54. The molecule has 132 valence electrons. The number of para-hydroxylation sites is 1. The Hall–Kier alpha value is -2.27.